The zero-order valence-corrected chi connectivity index (χ0v) is 16.2. The monoisotopic (exact) mass is 362 g/mol. The molecule has 0 heterocycles. The van der Waals surface area contributed by atoms with E-state index in [1.165, 1.54) is 79.2 Å². The normalized spacial score (nSPS) is 18.4. The van der Waals surface area contributed by atoms with Gasteiger partial charge in [-0.05, 0) is 78.0 Å². The zero-order chi connectivity index (χ0) is 18.6. The third kappa shape index (κ3) is 4.10. The van der Waals surface area contributed by atoms with Crippen LogP contribution in [0, 0.1) is 0 Å². The van der Waals surface area contributed by atoms with E-state index in [2.05, 4.69) is 18.2 Å². The van der Waals surface area contributed by atoms with E-state index >= 15 is 0 Å². The highest BCUT2D eigenvalue weighted by molar-refractivity contribution is 5.89. The fourth-order valence-corrected chi connectivity index (χ4v) is 4.97. The van der Waals surface area contributed by atoms with Crippen molar-refractivity contribution in [3.8, 4) is 11.1 Å². The molecule has 2 aliphatic rings. The average Bonchev–Trinajstić information content (AvgIpc) is 2.75. The first kappa shape index (κ1) is 18.3. The minimum Gasteiger partial charge on any atom is -0.478 e. The molecule has 2 aliphatic carbocycles. The molecule has 2 aromatic rings. The smallest absolute Gasteiger partial charge is 0.335 e. The van der Waals surface area contributed by atoms with E-state index in [9.17, 15) is 9.90 Å². The first-order valence-electron chi connectivity index (χ1n) is 10.7. The highest BCUT2D eigenvalue weighted by atomic mass is 16.4. The quantitative estimate of drug-likeness (QED) is 0.641. The molecule has 2 aromatic carbocycles. The predicted molar refractivity (Wildman–Crippen MR) is 111 cm³/mol. The van der Waals surface area contributed by atoms with E-state index in [1.807, 2.05) is 12.1 Å². The first-order chi connectivity index (χ1) is 13.2. The Hall–Kier alpha value is -2.09. The highest BCUT2D eigenvalue weighted by Gasteiger charge is 2.19. The molecular formula is C25H30O2. The minimum atomic E-state index is -0.835. The third-order valence-electron chi connectivity index (χ3n) is 6.49. The molecule has 2 nitrogen and oxygen atoms in total. The van der Waals surface area contributed by atoms with Crippen LogP contribution in [-0.2, 0) is 12.8 Å². The van der Waals surface area contributed by atoms with Gasteiger partial charge < -0.3 is 5.11 Å². The number of carbonyl (C=O) groups is 1. The van der Waals surface area contributed by atoms with Crippen LogP contribution in [0.1, 0.15) is 90.8 Å². The molecule has 4 rings (SSSR count). The molecule has 0 bridgehead atoms. The molecule has 0 spiro atoms. The maximum Gasteiger partial charge on any atom is 0.335 e. The van der Waals surface area contributed by atoms with Crippen LogP contribution < -0.4 is 0 Å². The van der Waals surface area contributed by atoms with Crippen LogP contribution in [0.4, 0.5) is 0 Å². The Balaban J connectivity index is 1.65. The fourth-order valence-electron chi connectivity index (χ4n) is 4.97. The van der Waals surface area contributed by atoms with Crippen LogP contribution in [0.3, 0.4) is 0 Å². The molecule has 0 aliphatic heterocycles. The number of benzene rings is 2. The summed E-state index contributed by atoms with van der Waals surface area (Å²) in [6.45, 7) is 0. The van der Waals surface area contributed by atoms with Crippen molar-refractivity contribution in [1.29, 1.82) is 0 Å². The Morgan fingerprint density at radius 3 is 2.00 bits per heavy atom. The number of carboxylic acids is 1. The lowest BCUT2D eigenvalue weighted by atomic mass is 9.86. The van der Waals surface area contributed by atoms with Gasteiger partial charge in [0, 0.05) is 0 Å². The third-order valence-corrected chi connectivity index (χ3v) is 6.49. The second kappa shape index (κ2) is 8.29. The molecule has 0 atom stereocenters. The van der Waals surface area contributed by atoms with Gasteiger partial charge in [0.1, 0.15) is 0 Å². The standard InChI is InChI=1S/C25H30O2/c26-25(27)22-13-15-24-21(17-22)11-7-10-20-16-19(12-14-23(20)24)18-8-5-3-1-2-4-6-9-18/h12-18H,1-11H2,(H,26,27). The summed E-state index contributed by atoms with van der Waals surface area (Å²) >= 11 is 0. The first-order valence-corrected chi connectivity index (χ1v) is 10.7. The molecule has 1 N–H and O–H groups in total. The molecule has 2 heteroatoms. The van der Waals surface area contributed by atoms with E-state index in [0.29, 0.717) is 11.5 Å². The van der Waals surface area contributed by atoms with Gasteiger partial charge in [0.05, 0.1) is 5.56 Å². The van der Waals surface area contributed by atoms with Crippen LogP contribution in [-0.4, -0.2) is 11.1 Å². The molecule has 1 fully saturated rings. The second-order valence-electron chi connectivity index (χ2n) is 8.34. The van der Waals surface area contributed by atoms with Gasteiger partial charge >= 0.3 is 5.97 Å². The SMILES string of the molecule is O=C(O)c1ccc2c(c1)CCCc1cc(C3CCCCCCCC3)ccc1-2. The summed E-state index contributed by atoms with van der Waals surface area (Å²) in [6, 6.07) is 12.8. The van der Waals surface area contributed by atoms with Crippen LogP contribution in [0.2, 0.25) is 0 Å². The van der Waals surface area contributed by atoms with Crippen LogP contribution in [0.5, 0.6) is 0 Å². The Kier molecular flexibility index (Phi) is 5.61. The number of hydrogen-bond acceptors (Lipinski definition) is 1. The van der Waals surface area contributed by atoms with Crippen molar-refractivity contribution in [2.45, 2.75) is 76.5 Å². The molecule has 0 aromatic heterocycles. The lowest BCUT2D eigenvalue weighted by Gasteiger charge is -2.19. The summed E-state index contributed by atoms with van der Waals surface area (Å²) in [5.41, 5.74) is 7.11. The summed E-state index contributed by atoms with van der Waals surface area (Å²) in [6.07, 6.45) is 14.1. The van der Waals surface area contributed by atoms with Gasteiger partial charge in [-0.25, -0.2) is 4.79 Å². The van der Waals surface area contributed by atoms with E-state index in [0.717, 1.165) is 19.3 Å². The predicted octanol–water partition coefficient (Wildman–Crippen LogP) is 6.76. The van der Waals surface area contributed by atoms with Crippen LogP contribution in [0.25, 0.3) is 11.1 Å². The molecule has 1 saturated carbocycles. The Bertz CT molecular complexity index is 811. The van der Waals surface area contributed by atoms with Crippen LogP contribution >= 0.6 is 0 Å². The maximum absolute atomic E-state index is 11.3. The largest absolute Gasteiger partial charge is 0.478 e. The number of aryl methyl sites for hydroxylation is 2. The van der Waals surface area contributed by atoms with Crippen molar-refractivity contribution < 1.29 is 9.90 Å². The van der Waals surface area contributed by atoms with Crippen molar-refractivity contribution in [3.63, 3.8) is 0 Å². The highest BCUT2D eigenvalue weighted by Crippen LogP contribution is 2.37. The van der Waals surface area contributed by atoms with Gasteiger partial charge in [0.15, 0.2) is 0 Å². The topological polar surface area (TPSA) is 37.3 Å². The van der Waals surface area contributed by atoms with Crippen molar-refractivity contribution in [3.05, 3.63) is 58.7 Å². The van der Waals surface area contributed by atoms with Gasteiger partial charge in [-0.15, -0.1) is 0 Å². The maximum atomic E-state index is 11.3. The average molecular weight is 363 g/mol. The fraction of sp³-hybridized carbons (Fsp3) is 0.480. The molecule has 27 heavy (non-hydrogen) atoms. The van der Waals surface area contributed by atoms with E-state index in [1.54, 1.807) is 6.07 Å². The summed E-state index contributed by atoms with van der Waals surface area (Å²) in [5, 5.41) is 9.30. The zero-order valence-electron chi connectivity index (χ0n) is 16.2. The summed E-state index contributed by atoms with van der Waals surface area (Å²) in [5.74, 6) is -0.122. The van der Waals surface area contributed by atoms with Gasteiger partial charge in [0.2, 0.25) is 0 Å². The second-order valence-corrected chi connectivity index (χ2v) is 8.34. The number of rotatable bonds is 2. The summed E-state index contributed by atoms with van der Waals surface area (Å²) in [4.78, 5) is 11.3. The molecular weight excluding hydrogens is 332 g/mol. The Morgan fingerprint density at radius 1 is 0.741 bits per heavy atom. The molecule has 0 amide bonds. The lowest BCUT2D eigenvalue weighted by Crippen LogP contribution is -2.01. The van der Waals surface area contributed by atoms with E-state index in [-0.39, 0.29) is 0 Å². The van der Waals surface area contributed by atoms with Crippen molar-refractivity contribution in [1.82, 2.24) is 0 Å². The van der Waals surface area contributed by atoms with E-state index < -0.39 is 5.97 Å². The Morgan fingerprint density at radius 2 is 1.33 bits per heavy atom. The summed E-state index contributed by atoms with van der Waals surface area (Å²) in [7, 11) is 0. The van der Waals surface area contributed by atoms with Crippen molar-refractivity contribution >= 4 is 5.97 Å². The van der Waals surface area contributed by atoms with Gasteiger partial charge in [-0.1, -0.05) is 62.8 Å². The number of fused-ring (bicyclic) bond motifs is 3. The summed E-state index contributed by atoms with van der Waals surface area (Å²) < 4.78 is 0. The molecule has 0 unspecified atom stereocenters. The number of carboxylic acid groups (broad SMARTS) is 1. The van der Waals surface area contributed by atoms with Crippen molar-refractivity contribution in [2.24, 2.45) is 0 Å². The molecule has 142 valence electrons. The van der Waals surface area contributed by atoms with E-state index in [4.69, 9.17) is 0 Å². The van der Waals surface area contributed by atoms with Gasteiger partial charge in [-0.3, -0.25) is 0 Å². The minimum absolute atomic E-state index is 0.402. The van der Waals surface area contributed by atoms with Crippen LogP contribution in [0.15, 0.2) is 36.4 Å². The number of hydrogen-bond donors (Lipinski definition) is 1. The van der Waals surface area contributed by atoms with Gasteiger partial charge in [-0.2, -0.15) is 0 Å². The lowest BCUT2D eigenvalue weighted by molar-refractivity contribution is 0.0697. The van der Waals surface area contributed by atoms with Crippen molar-refractivity contribution in [2.75, 3.05) is 0 Å². The van der Waals surface area contributed by atoms with Gasteiger partial charge in [0.25, 0.3) is 0 Å². The molecule has 0 radical (unpaired) electrons. The molecule has 0 saturated heterocycles. The Labute approximate surface area is 162 Å². The number of aromatic carboxylic acids is 1.